The summed E-state index contributed by atoms with van der Waals surface area (Å²) in [6, 6.07) is 0. The predicted octanol–water partition coefficient (Wildman–Crippen LogP) is 1.64. The molecule has 0 N–H and O–H groups in total. The lowest BCUT2D eigenvalue weighted by molar-refractivity contribution is -0.00100. The second-order valence-corrected chi connectivity index (χ2v) is 0. The van der Waals surface area contributed by atoms with Crippen LogP contribution in [0.15, 0.2) is 0 Å². The van der Waals surface area contributed by atoms with Gasteiger partial charge >= 0.3 is 0 Å². The van der Waals surface area contributed by atoms with Crippen molar-refractivity contribution < 1.29 is 24.8 Å². The first-order chi connectivity index (χ1) is 0. The van der Waals surface area contributed by atoms with Crippen LogP contribution >= 0.6 is 0 Å². The van der Waals surface area contributed by atoms with Crippen LogP contribution in [-0.2, 0) is 0 Å². The van der Waals surface area contributed by atoms with Gasteiger partial charge in [0, 0.05) is 0 Å². The Hall–Kier alpha value is 0.580. The van der Waals surface area contributed by atoms with Crippen molar-refractivity contribution in [1.82, 2.24) is 0 Å². The minimum atomic E-state index is 0. The Morgan fingerprint density at radius 3 is 0.143 bits per heavy atom. The van der Waals surface area contributed by atoms with Gasteiger partial charge in [0.2, 0.25) is 0 Å². The zero-order chi connectivity index (χ0) is 0. The van der Waals surface area contributed by atoms with Crippen LogP contribution in [0.4, 0.5) is 0 Å². The normalized spacial score (nSPS) is 0. The minimum absolute atomic E-state index is 0. The fourth-order valence-electron chi connectivity index (χ4n) is 0. The molecule has 2 heteroatoms. The standard InChI is InChI=1S/12CH4.2ClH/h12*1H4;2*1H/p-2. The van der Waals surface area contributed by atoms with Crippen molar-refractivity contribution in [1.29, 1.82) is 0 Å². The van der Waals surface area contributed by atoms with Gasteiger partial charge < -0.3 is 24.8 Å². The van der Waals surface area contributed by atoms with E-state index in [4.69, 9.17) is 0 Å². The highest BCUT2D eigenvalue weighted by molar-refractivity contribution is 2.51. The van der Waals surface area contributed by atoms with Crippen LogP contribution in [0.25, 0.3) is 0 Å². The molecule has 0 aromatic carbocycles. The third kappa shape index (κ3) is 5010. The first kappa shape index (κ1) is 7990. The molecule has 0 atom stereocenters. The highest BCUT2D eigenvalue weighted by atomic mass is 35.5. The average Bonchev–Trinajstić information content (AvgIpc) is 0. The molecule has 0 rings (SSSR count). The van der Waals surface area contributed by atoms with Gasteiger partial charge in [0.15, 0.2) is 0 Å². The van der Waals surface area contributed by atoms with E-state index >= 15 is 0 Å². The summed E-state index contributed by atoms with van der Waals surface area (Å²) in [5.41, 5.74) is 0. The van der Waals surface area contributed by atoms with Crippen molar-refractivity contribution in [3.63, 3.8) is 0 Å². The maximum atomic E-state index is 0. The summed E-state index contributed by atoms with van der Waals surface area (Å²) < 4.78 is 0. The molecule has 0 aliphatic carbocycles. The molecule has 0 saturated carbocycles. The molecule has 0 fully saturated rings. The van der Waals surface area contributed by atoms with E-state index in [-0.39, 0.29) is 114 Å². The predicted molar refractivity (Wildman–Crippen MR) is 80.8 cm³/mol. The lowest BCUT2D eigenvalue weighted by Crippen LogP contribution is -3.00. The van der Waals surface area contributed by atoms with E-state index in [1.54, 1.807) is 0 Å². The lowest BCUT2D eigenvalue weighted by Gasteiger charge is -1.00. The van der Waals surface area contributed by atoms with E-state index in [1.807, 2.05) is 0 Å². The van der Waals surface area contributed by atoms with Crippen molar-refractivity contribution in [3.05, 3.63) is 0 Å². The summed E-state index contributed by atoms with van der Waals surface area (Å²) in [4.78, 5) is 0. The van der Waals surface area contributed by atoms with Crippen molar-refractivity contribution in [2.45, 2.75) is 89.1 Å². The zero-order valence-electron chi connectivity index (χ0n) is 0.756. The summed E-state index contributed by atoms with van der Waals surface area (Å²) in [5, 5.41) is 0. The molecular formula is C12H48Cl2-2. The summed E-state index contributed by atoms with van der Waals surface area (Å²) >= 11 is 0. The molecule has 0 nitrogen and oxygen atoms in total. The van der Waals surface area contributed by atoms with Gasteiger partial charge in [0.05, 0.1) is 0 Å². The molecule has 0 saturated heterocycles. The van der Waals surface area contributed by atoms with E-state index in [0.717, 1.165) is 0 Å². The van der Waals surface area contributed by atoms with Crippen molar-refractivity contribution in [2.24, 2.45) is 0 Å². The quantitative estimate of drug-likeness (QED) is 0.623. The van der Waals surface area contributed by atoms with Crippen LogP contribution in [0.1, 0.15) is 89.1 Å². The van der Waals surface area contributed by atoms with Gasteiger partial charge in [-0.25, -0.2) is 0 Å². The van der Waals surface area contributed by atoms with Crippen molar-refractivity contribution >= 4 is 0 Å². The second kappa shape index (κ2) is 6390. The molecule has 0 aliphatic heterocycles. The lowest BCUT2D eigenvalue weighted by atomic mass is 12.0. The molecule has 0 radical (unpaired) electrons. The largest absolute Gasteiger partial charge is 1.00 e. The summed E-state index contributed by atoms with van der Waals surface area (Å²) in [7, 11) is 0. The Morgan fingerprint density at radius 2 is 0.143 bits per heavy atom. The molecule has 0 aromatic rings. The maximum absolute atomic E-state index is 0. The summed E-state index contributed by atoms with van der Waals surface area (Å²) in [5.74, 6) is 0. The summed E-state index contributed by atoms with van der Waals surface area (Å²) in [6.45, 7) is 0. The topological polar surface area (TPSA) is 0 Å². The van der Waals surface area contributed by atoms with E-state index in [0.29, 0.717) is 0 Å². The van der Waals surface area contributed by atoms with E-state index in [1.165, 1.54) is 0 Å². The molecular weight excluding hydrogens is 215 g/mol. The second-order valence-electron chi connectivity index (χ2n) is 0. The monoisotopic (exact) mass is 262 g/mol. The zero-order valence-corrected chi connectivity index (χ0v) is 2.27. The highest BCUT2D eigenvalue weighted by Crippen LogP contribution is 0.155. The van der Waals surface area contributed by atoms with E-state index in [2.05, 4.69) is 0 Å². The molecule has 0 heterocycles. The molecule has 0 aromatic heterocycles. The number of halogens is 2. The van der Waals surface area contributed by atoms with Crippen LogP contribution in [-0.4, -0.2) is 0 Å². The molecule has 0 spiro atoms. The van der Waals surface area contributed by atoms with Crippen LogP contribution in [0.3, 0.4) is 0 Å². The molecule has 0 amide bonds. The van der Waals surface area contributed by atoms with Gasteiger partial charge in [0.1, 0.15) is 0 Å². The van der Waals surface area contributed by atoms with E-state index < -0.39 is 0 Å². The third-order valence-corrected chi connectivity index (χ3v) is 0. The fourth-order valence-corrected chi connectivity index (χ4v) is 0. The molecule has 14 heavy (non-hydrogen) atoms. The smallest absolute Gasteiger partial charge is 0.0776 e. The number of rotatable bonds is 0. The molecule has 0 bridgehead atoms. The van der Waals surface area contributed by atoms with Crippen molar-refractivity contribution in [3.8, 4) is 0 Å². The molecule has 112 valence electrons. The number of hydrogen-bond acceptors (Lipinski definition) is 0. The van der Waals surface area contributed by atoms with E-state index in [9.17, 15) is 0 Å². The number of hydrogen-bond donors (Lipinski definition) is 0. The minimum Gasteiger partial charge on any atom is -1.00 e. The Balaban J connectivity index is 0. The molecule has 0 unspecified atom stereocenters. The van der Waals surface area contributed by atoms with Crippen LogP contribution < -0.4 is 24.8 Å². The van der Waals surface area contributed by atoms with Crippen LogP contribution in [0.2, 0.25) is 0 Å². The Bertz CT molecular complexity index is 8.28. The SMILES string of the molecule is C.C.C.C.C.C.C.C.C.C.C.C.[Cl-].[Cl-]. The first-order valence-electron chi connectivity index (χ1n) is 0. The Labute approximate surface area is 114 Å². The summed E-state index contributed by atoms with van der Waals surface area (Å²) in [6.07, 6.45) is 0. The average molecular weight is 263 g/mol. The van der Waals surface area contributed by atoms with Gasteiger partial charge in [-0.2, -0.15) is 0 Å². The third-order valence-electron chi connectivity index (χ3n) is 0. The van der Waals surface area contributed by atoms with Crippen molar-refractivity contribution in [2.75, 3.05) is 0 Å². The Kier molecular flexibility index (Phi) is 3650000. The maximum Gasteiger partial charge on any atom is -0.0776 e. The van der Waals surface area contributed by atoms with Gasteiger partial charge in [-0.1, -0.05) is 89.1 Å². The molecule has 0 aliphatic rings. The van der Waals surface area contributed by atoms with Gasteiger partial charge in [-0.3, -0.25) is 0 Å². The fraction of sp³-hybridized carbons (Fsp3) is 1.00. The van der Waals surface area contributed by atoms with Gasteiger partial charge in [-0.05, 0) is 0 Å². The van der Waals surface area contributed by atoms with Crippen LogP contribution in [0.5, 0.6) is 0 Å². The highest BCUT2D eigenvalue weighted by Gasteiger charge is -0.0665. The van der Waals surface area contributed by atoms with Gasteiger partial charge in [0.25, 0.3) is 0 Å². The van der Waals surface area contributed by atoms with Gasteiger partial charge in [-0.15, -0.1) is 0 Å². The Morgan fingerprint density at radius 1 is 0.143 bits per heavy atom. The van der Waals surface area contributed by atoms with Crippen LogP contribution in [0, 0.1) is 0 Å². The first-order valence-corrected chi connectivity index (χ1v) is 0.